The Morgan fingerprint density at radius 3 is 0.675 bits per heavy atom. The van der Waals surface area contributed by atoms with E-state index in [1.165, 1.54) is 38.5 Å². The summed E-state index contributed by atoms with van der Waals surface area (Å²) in [5.41, 5.74) is 0. The molecular formula is C77H120O6. The van der Waals surface area contributed by atoms with Gasteiger partial charge in [0, 0.05) is 19.3 Å². The molecule has 0 aromatic rings. The zero-order chi connectivity index (χ0) is 59.9. The van der Waals surface area contributed by atoms with E-state index < -0.39 is 6.10 Å². The first-order valence-electron chi connectivity index (χ1n) is 33.3. The van der Waals surface area contributed by atoms with Crippen LogP contribution in [0.25, 0.3) is 0 Å². The molecule has 0 aliphatic rings. The third-order valence-electron chi connectivity index (χ3n) is 13.4. The van der Waals surface area contributed by atoms with Gasteiger partial charge in [-0.2, -0.15) is 0 Å². The van der Waals surface area contributed by atoms with Gasteiger partial charge in [-0.1, -0.05) is 274 Å². The highest BCUT2D eigenvalue weighted by atomic mass is 16.6. The van der Waals surface area contributed by atoms with E-state index in [0.29, 0.717) is 19.3 Å². The van der Waals surface area contributed by atoms with Gasteiger partial charge in [0.25, 0.3) is 0 Å². The van der Waals surface area contributed by atoms with Gasteiger partial charge in [0.15, 0.2) is 6.10 Å². The molecule has 0 N–H and O–H groups in total. The fraction of sp³-hybridized carbons (Fsp3) is 0.571. The molecule has 83 heavy (non-hydrogen) atoms. The molecule has 6 heteroatoms. The van der Waals surface area contributed by atoms with Crippen LogP contribution >= 0.6 is 0 Å². The first kappa shape index (κ1) is 77.5. The molecule has 0 aliphatic carbocycles. The fourth-order valence-corrected chi connectivity index (χ4v) is 8.52. The Morgan fingerprint density at radius 1 is 0.241 bits per heavy atom. The number of carbonyl (C=O) groups is 3. The van der Waals surface area contributed by atoms with Crippen molar-refractivity contribution >= 4 is 17.9 Å². The molecule has 6 nitrogen and oxygen atoms in total. The van der Waals surface area contributed by atoms with Gasteiger partial charge in [0.05, 0.1) is 0 Å². The van der Waals surface area contributed by atoms with Crippen molar-refractivity contribution in [3.63, 3.8) is 0 Å². The Hall–Kier alpha value is -5.49. The average molecular weight is 1140 g/mol. The Bertz CT molecular complexity index is 1940. The third-order valence-corrected chi connectivity index (χ3v) is 13.4. The van der Waals surface area contributed by atoms with Gasteiger partial charge in [-0.05, 0) is 154 Å². The van der Waals surface area contributed by atoms with Crippen LogP contribution < -0.4 is 0 Å². The van der Waals surface area contributed by atoms with Crippen molar-refractivity contribution in [2.45, 2.75) is 271 Å². The molecule has 0 rings (SSSR count). The second kappa shape index (κ2) is 69.0. The zero-order valence-corrected chi connectivity index (χ0v) is 53.1. The molecule has 0 aliphatic heterocycles. The SMILES string of the molecule is CC/C=C\C/C=C\C/C=C\C/C=C\C/C=C\C/C=C\C/C=C\C/C=C\CCCCCCC(=O)OCC(COC(=O)CCCCCCCCC/C=C\C/C=C\C/C=C\CC)OC(=O)CCCCCCCC/C=C\C/C=C\C/C=C\C/C=C\CC. The fourth-order valence-electron chi connectivity index (χ4n) is 8.52. The van der Waals surface area contributed by atoms with E-state index in [1.54, 1.807) is 0 Å². The van der Waals surface area contributed by atoms with Gasteiger partial charge in [-0.3, -0.25) is 14.4 Å². The lowest BCUT2D eigenvalue weighted by molar-refractivity contribution is -0.167. The van der Waals surface area contributed by atoms with Crippen LogP contribution in [0.15, 0.2) is 182 Å². The second-order valence-electron chi connectivity index (χ2n) is 21.2. The second-order valence-corrected chi connectivity index (χ2v) is 21.2. The summed E-state index contributed by atoms with van der Waals surface area (Å²) in [6, 6.07) is 0. The maximum absolute atomic E-state index is 12.9. The van der Waals surface area contributed by atoms with E-state index in [0.717, 1.165) is 186 Å². The standard InChI is InChI=1S/C77H120O6/c1-4-7-10-13-16-19-22-25-28-31-33-34-35-36-37-38-39-40-41-42-44-46-49-52-55-58-61-64-67-70-76(79)82-73-74(72-81-75(78)69-66-63-60-57-54-51-48-45-30-27-24-21-18-15-12-9-6-3)83-77(80)71-68-65-62-59-56-53-50-47-43-32-29-26-23-20-17-14-11-8-5-2/h7-12,16-21,25-30,33-34,36-37,39-40,42-44,47,49,52,74H,4-6,13-15,22-24,31-32,35,38,41,45-46,48,50-51,53-73H2,1-3H3/b10-7-,11-8-,12-9-,19-16-,20-17-,21-18-,28-25-,29-26-,30-27-,34-33-,37-36-,40-39-,44-42-,47-43-,52-49-. The molecule has 0 fully saturated rings. The maximum atomic E-state index is 12.9. The number of hydrogen-bond acceptors (Lipinski definition) is 6. The molecule has 0 aromatic carbocycles. The van der Waals surface area contributed by atoms with E-state index in [-0.39, 0.29) is 31.1 Å². The topological polar surface area (TPSA) is 78.9 Å². The molecule has 0 saturated carbocycles. The quantitative estimate of drug-likeness (QED) is 0.0261. The van der Waals surface area contributed by atoms with Gasteiger partial charge in [0.2, 0.25) is 0 Å². The van der Waals surface area contributed by atoms with Crippen molar-refractivity contribution in [2.75, 3.05) is 13.2 Å². The normalized spacial score (nSPS) is 13.3. The smallest absolute Gasteiger partial charge is 0.306 e. The third kappa shape index (κ3) is 67.2. The number of unbranched alkanes of at least 4 members (excludes halogenated alkanes) is 17. The van der Waals surface area contributed by atoms with Gasteiger partial charge in [-0.25, -0.2) is 0 Å². The van der Waals surface area contributed by atoms with Crippen LogP contribution in [0.3, 0.4) is 0 Å². The predicted molar refractivity (Wildman–Crippen MR) is 361 cm³/mol. The number of esters is 3. The Morgan fingerprint density at radius 2 is 0.434 bits per heavy atom. The highest BCUT2D eigenvalue weighted by Crippen LogP contribution is 2.14. The van der Waals surface area contributed by atoms with E-state index >= 15 is 0 Å². The van der Waals surface area contributed by atoms with Crippen molar-refractivity contribution in [1.29, 1.82) is 0 Å². The first-order chi connectivity index (χ1) is 41.0. The van der Waals surface area contributed by atoms with Crippen LogP contribution in [0, 0.1) is 0 Å². The summed E-state index contributed by atoms with van der Waals surface area (Å²) in [6.45, 7) is 6.26. The summed E-state index contributed by atoms with van der Waals surface area (Å²) in [5, 5.41) is 0. The monoisotopic (exact) mass is 1140 g/mol. The van der Waals surface area contributed by atoms with Crippen LogP contribution in [0.1, 0.15) is 265 Å². The van der Waals surface area contributed by atoms with Gasteiger partial charge in [-0.15, -0.1) is 0 Å². The molecule has 0 radical (unpaired) electrons. The number of ether oxygens (including phenoxy) is 3. The molecule has 0 bridgehead atoms. The van der Waals surface area contributed by atoms with Crippen molar-refractivity contribution < 1.29 is 28.6 Å². The Balaban J connectivity index is 4.49. The first-order valence-corrected chi connectivity index (χ1v) is 33.3. The highest BCUT2D eigenvalue weighted by molar-refractivity contribution is 5.71. The van der Waals surface area contributed by atoms with Crippen LogP contribution in [-0.4, -0.2) is 37.2 Å². The number of rotatable bonds is 58. The van der Waals surface area contributed by atoms with Crippen molar-refractivity contribution in [2.24, 2.45) is 0 Å². The molecule has 0 amide bonds. The lowest BCUT2D eigenvalue weighted by Gasteiger charge is -2.18. The molecule has 0 heterocycles. The van der Waals surface area contributed by atoms with Gasteiger partial charge in [0.1, 0.15) is 13.2 Å². The summed E-state index contributed by atoms with van der Waals surface area (Å²) in [6.07, 6.45) is 103. The van der Waals surface area contributed by atoms with E-state index in [1.807, 2.05) is 0 Å². The van der Waals surface area contributed by atoms with Crippen molar-refractivity contribution in [1.82, 2.24) is 0 Å². The minimum absolute atomic E-state index is 0.106. The molecule has 0 spiro atoms. The minimum Gasteiger partial charge on any atom is -0.462 e. The maximum Gasteiger partial charge on any atom is 0.306 e. The zero-order valence-electron chi connectivity index (χ0n) is 53.1. The van der Waals surface area contributed by atoms with Crippen molar-refractivity contribution in [3.8, 4) is 0 Å². The molecular weight excluding hydrogens is 1020 g/mol. The number of hydrogen-bond donors (Lipinski definition) is 0. The number of allylic oxidation sites excluding steroid dienone is 30. The number of carbonyl (C=O) groups excluding carboxylic acids is 3. The summed E-state index contributed by atoms with van der Waals surface area (Å²) in [5.74, 6) is -0.960. The molecule has 0 saturated heterocycles. The summed E-state index contributed by atoms with van der Waals surface area (Å²) in [7, 11) is 0. The Labute approximate surface area is 510 Å². The average Bonchev–Trinajstić information content (AvgIpc) is 3.49. The van der Waals surface area contributed by atoms with Crippen LogP contribution in [-0.2, 0) is 28.6 Å². The van der Waals surface area contributed by atoms with Gasteiger partial charge < -0.3 is 14.2 Å². The predicted octanol–water partition coefficient (Wildman–Crippen LogP) is 23.2. The van der Waals surface area contributed by atoms with Crippen LogP contribution in [0.2, 0.25) is 0 Å². The largest absolute Gasteiger partial charge is 0.462 e. The van der Waals surface area contributed by atoms with E-state index in [4.69, 9.17) is 14.2 Å². The highest BCUT2D eigenvalue weighted by Gasteiger charge is 2.19. The van der Waals surface area contributed by atoms with Crippen LogP contribution in [0.4, 0.5) is 0 Å². The summed E-state index contributed by atoms with van der Waals surface area (Å²) < 4.78 is 16.9. The molecule has 1 atom stereocenters. The Kier molecular flexibility index (Phi) is 64.4. The van der Waals surface area contributed by atoms with Crippen LogP contribution in [0.5, 0.6) is 0 Å². The molecule has 464 valence electrons. The minimum atomic E-state index is -0.814. The lowest BCUT2D eigenvalue weighted by Crippen LogP contribution is -2.30. The van der Waals surface area contributed by atoms with E-state index in [2.05, 4.69) is 203 Å². The lowest BCUT2D eigenvalue weighted by atomic mass is 10.1. The van der Waals surface area contributed by atoms with Gasteiger partial charge >= 0.3 is 17.9 Å². The van der Waals surface area contributed by atoms with Crippen molar-refractivity contribution in [3.05, 3.63) is 182 Å². The van der Waals surface area contributed by atoms with E-state index in [9.17, 15) is 14.4 Å². The summed E-state index contributed by atoms with van der Waals surface area (Å²) in [4.78, 5) is 38.4. The molecule has 1 unspecified atom stereocenters. The molecule has 0 aromatic heterocycles. The summed E-state index contributed by atoms with van der Waals surface area (Å²) >= 11 is 0.